The quantitative estimate of drug-likeness (QED) is 0.774. The zero-order valence-electron chi connectivity index (χ0n) is 9.10. The van der Waals surface area contributed by atoms with Crippen LogP contribution >= 0.6 is 0 Å². The minimum absolute atomic E-state index is 0.138. The van der Waals surface area contributed by atoms with Crippen molar-refractivity contribution in [3.8, 4) is 0 Å². The van der Waals surface area contributed by atoms with Gasteiger partial charge in [0.05, 0.1) is 0 Å². The summed E-state index contributed by atoms with van der Waals surface area (Å²) in [6, 6.07) is 4.34. The van der Waals surface area contributed by atoms with E-state index in [1.807, 2.05) is 13.8 Å². The number of benzene rings is 1. The van der Waals surface area contributed by atoms with E-state index >= 15 is 0 Å². The maximum absolute atomic E-state index is 13.5. The number of halogens is 1. The number of anilines is 1. The van der Waals surface area contributed by atoms with E-state index < -0.39 is 0 Å². The van der Waals surface area contributed by atoms with E-state index in [-0.39, 0.29) is 17.8 Å². The third-order valence-electron chi connectivity index (χ3n) is 2.11. The molecule has 0 aliphatic rings. The molecular formula is C11H15FN2O. The molecule has 0 aliphatic heterocycles. The minimum atomic E-state index is -0.355. The standard InChI is InChI=1S/C11H15FN2O/c1-7(2)9-5-4-8(6-10(9)12)14-11(15)13-3/h4-7H,1-3H3,(H2,13,14,15). The lowest BCUT2D eigenvalue weighted by Gasteiger charge is -2.09. The highest BCUT2D eigenvalue weighted by Crippen LogP contribution is 2.21. The minimum Gasteiger partial charge on any atom is -0.341 e. The molecule has 2 amide bonds. The molecule has 0 unspecified atom stereocenters. The lowest BCUT2D eigenvalue weighted by Crippen LogP contribution is -2.24. The third kappa shape index (κ3) is 2.94. The van der Waals surface area contributed by atoms with E-state index in [1.165, 1.54) is 13.1 Å². The lowest BCUT2D eigenvalue weighted by atomic mass is 10.0. The molecule has 0 spiro atoms. The Labute approximate surface area is 88.7 Å². The molecule has 0 saturated carbocycles. The monoisotopic (exact) mass is 210 g/mol. The Balaban J connectivity index is 2.87. The molecule has 0 heterocycles. The van der Waals surface area contributed by atoms with Gasteiger partial charge in [-0.1, -0.05) is 19.9 Å². The predicted molar refractivity (Wildman–Crippen MR) is 58.6 cm³/mol. The summed E-state index contributed by atoms with van der Waals surface area (Å²) in [4.78, 5) is 11.0. The van der Waals surface area contributed by atoms with Crippen molar-refractivity contribution in [2.45, 2.75) is 19.8 Å². The van der Waals surface area contributed by atoms with Gasteiger partial charge in [-0.05, 0) is 23.6 Å². The molecule has 0 aromatic heterocycles. The highest BCUT2D eigenvalue weighted by molar-refractivity contribution is 5.88. The van der Waals surface area contributed by atoms with E-state index in [2.05, 4.69) is 10.6 Å². The number of rotatable bonds is 2. The fraction of sp³-hybridized carbons (Fsp3) is 0.364. The number of carbonyl (C=O) groups excluding carboxylic acids is 1. The number of hydrogen-bond donors (Lipinski definition) is 2. The highest BCUT2D eigenvalue weighted by atomic mass is 19.1. The van der Waals surface area contributed by atoms with Crippen molar-refractivity contribution in [1.82, 2.24) is 5.32 Å². The van der Waals surface area contributed by atoms with Crippen molar-refractivity contribution in [1.29, 1.82) is 0 Å². The van der Waals surface area contributed by atoms with E-state index in [0.29, 0.717) is 11.3 Å². The summed E-state index contributed by atoms with van der Waals surface area (Å²) in [5, 5.41) is 4.91. The van der Waals surface area contributed by atoms with Gasteiger partial charge in [0.1, 0.15) is 5.82 Å². The Morgan fingerprint density at radius 2 is 2.07 bits per heavy atom. The van der Waals surface area contributed by atoms with E-state index in [1.54, 1.807) is 12.1 Å². The molecule has 1 aromatic rings. The van der Waals surface area contributed by atoms with Crippen LogP contribution in [0.1, 0.15) is 25.3 Å². The third-order valence-corrected chi connectivity index (χ3v) is 2.11. The molecule has 15 heavy (non-hydrogen) atoms. The van der Waals surface area contributed by atoms with Gasteiger partial charge in [-0.3, -0.25) is 0 Å². The Bertz CT molecular complexity index is 364. The number of nitrogens with one attached hydrogen (secondary N) is 2. The number of carbonyl (C=O) groups is 1. The number of urea groups is 1. The molecule has 0 aliphatic carbocycles. The smallest absolute Gasteiger partial charge is 0.318 e. The van der Waals surface area contributed by atoms with Gasteiger partial charge >= 0.3 is 6.03 Å². The van der Waals surface area contributed by atoms with Crippen LogP contribution in [0, 0.1) is 5.82 Å². The summed E-state index contributed by atoms with van der Waals surface area (Å²) in [7, 11) is 1.51. The second-order valence-electron chi connectivity index (χ2n) is 3.60. The van der Waals surface area contributed by atoms with Crippen molar-refractivity contribution in [2.24, 2.45) is 0 Å². The Kier molecular flexibility index (Phi) is 3.66. The van der Waals surface area contributed by atoms with Crippen LogP contribution in [0.2, 0.25) is 0 Å². The molecule has 4 heteroatoms. The first-order valence-corrected chi connectivity index (χ1v) is 4.82. The topological polar surface area (TPSA) is 41.1 Å². The van der Waals surface area contributed by atoms with Crippen molar-refractivity contribution < 1.29 is 9.18 Å². The normalized spacial score (nSPS) is 10.2. The van der Waals surface area contributed by atoms with Gasteiger partial charge in [0.2, 0.25) is 0 Å². The first-order valence-electron chi connectivity index (χ1n) is 4.82. The zero-order valence-corrected chi connectivity index (χ0v) is 9.10. The zero-order chi connectivity index (χ0) is 11.4. The van der Waals surface area contributed by atoms with Gasteiger partial charge in [0.25, 0.3) is 0 Å². The van der Waals surface area contributed by atoms with E-state index in [9.17, 15) is 9.18 Å². The fourth-order valence-electron chi connectivity index (χ4n) is 1.27. The molecule has 0 radical (unpaired) electrons. The molecule has 1 rings (SSSR count). The summed E-state index contributed by atoms with van der Waals surface area (Å²) in [6.45, 7) is 3.84. The Hall–Kier alpha value is -1.58. The first-order chi connectivity index (χ1) is 7.04. The summed E-state index contributed by atoms with van der Waals surface area (Å²) in [6.07, 6.45) is 0. The molecule has 0 fully saturated rings. The molecule has 0 saturated heterocycles. The van der Waals surface area contributed by atoms with Crippen molar-refractivity contribution >= 4 is 11.7 Å². The van der Waals surface area contributed by atoms with Crippen molar-refractivity contribution in [3.05, 3.63) is 29.6 Å². The van der Waals surface area contributed by atoms with Gasteiger partial charge < -0.3 is 10.6 Å². The summed E-state index contributed by atoms with van der Waals surface area (Å²) >= 11 is 0. The van der Waals surface area contributed by atoms with Crippen LogP contribution in [0.15, 0.2) is 18.2 Å². The predicted octanol–water partition coefficient (Wildman–Crippen LogP) is 2.70. The average molecular weight is 210 g/mol. The highest BCUT2D eigenvalue weighted by Gasteiger charge is 2.07. The summed E-state index contributed by atoms with van der Waals surface area (Å²) < 4.78 is 13.5. The van der Waals surface area contributed by atoms with Crippen LogP contribution in [0.3, 0.4) is 0 Å². The average Bonchev–Trinajstić information content (AvgIpc) is 2.17. The molecule has 1 aromatic carbocycles. The SMILES string of the molecule is CNC(=O)Nc1ccc(C(C)C)c(F)c1. The van der Waals surface area contributed by atoms with Crippen LogP contribution in [0.5, 0.6) is 0 Å². The first kappa shape index (κ1) is 11.5. The van der Waals surface area contributed by atoms with Crippen molar-refractivity contribution in [3.63, 3.8) is 0 Å². The van der Waals surface area contributed by atoms with E-state index in [4.69, 9.17) is 0 Å². The van der Waals surface area contributed by atoms with E-state index in [0.717, 1.165) is 0 Å². The van der Waals surface area contributed by atoms with Crippen LogP contribution < -0.4 is 10.6 Å². The molecule has 82 valence electrons. The number of amides is 2. The van der Waals surface area contributed by atoms with Crippen LogP contribution in [0.25, 0.3) is 0 Å². The van der Waals surface area contributed by atoms with Gasteiger partial charge in [-0.25, -0.2) is 9.18 Å². The van der Waals surface area contributed by atoms with Gasteiger partial charge in [0.15, 0.2) is 0 Å². The molecule has 0 atom stereocenters. The largest absolute Gasteiger partial charge is 0.341 e. The van der Waals surface area contributed by atoms with Crippen LogP contribution in [-0.4, -0.2) is 13.1 Å². The van der Waals surface area contributed by atoms with Crippen LogP contribution in [-0.2, 0) is 0 Å². The second-order valence-corrected chi connectivity index (χ2v) is 3.60. The maximum Gasteiger partial charge on any atom is 0.318 e. The second kappa shape index (κ2) is 4.77. The van der Waals surface area contributed by atoms with Gasteiger partial charge in [-0.15, -0.1) is 0 Å². The Morgan fingerprint density at radius 1 is 1.40 bits per heavy atom. The van der Waals surface area contributed by atoms with Gasteiger partial charge in [0, 0.05) is 12.7 Å². The van der Waals surface area contributed by atoms with Gasteiger partial charge in [-0.2, -0.15) is 0 Å². The number of hydrogen-bond acceptors (Lipinski definition) is 1. The molecule has 2 N–H and O–H groups in total. The molecular weight excluding hydrogens is 195 g/mol. The fourth-order valence-corrected chi connectivity index (χ4v) is 1.27. The molecule has 3 nitrogen and oxygen atoms in total. The van der Waals surface area contributed by atoms with Crippen molar-refractivity contribution in [2.75, 3.05) is 12.4 Å². The summed E-state index contributed by atoms with van der Waals surface area (Å²) in [5.74, 6) is -0.155. The molecule has 0 bridgehead atoms. The van der Waals surface area contributed by atoms with Crippen LogP contribution in [0.4, 0.5) is 14.9 Å². The lowest BCUT2D eigenvalue weighted by molar-refractivity contribution is 0.254. The maximum atomic E-state index is 13.5. The Morgan fingerprint density at radius 3 is 2.53 bits per heavy atom. The summed E-state index contributed by atoms with van der Waals surface area (Å²) in [5.41, 5.74) is 1.11.